The van der Waals surface area contributed by atoms with Crippen LogP contribution in [0.4, 0.5) is 0 Å². The van der Waals surface area contributed by atoms with Crippen molar-refractivity contribution in [3.05, 3.63) is 52.6 Å². The molecule has 1 heterocycles. The van der Waals surface area contributed by atoms with Crippen LogP contribution in [0.15, 0.2) is 35.4 Å². The third kappa shape index (κ3) is 3.14. The Bertz CT molecular complexity index is 601. The molecular formula is C15H16ClN3S. The van der Waals surface area contributed by atoms with Crippen LogP contribution in [0.3, 0.4) is 0 Å². The van der Waals surface area contributed by atoms with Crippen LogP contribution in [0, 0.1) is 0 Å². The highest BCUT2D eigenvalue weighted by Gasteiger charge is 2.18. The van der Waals surface area contributed by atoms with Crippen molar-refractivity contribution < 1.29 is 0 Å². The molecule has 0 spiro atoms. The van der Waals surface area contributed by atoms with E-state index in [2.05, 4.69) is 9.97 Å². The van der Waals surface area contributed by atoms with E-state index in [1.165, 1.54) is 4.90 Å². The average Bonchev–Trinajstić information content (AvgIpc) is 2.47. The molecule has 0 fully saturated rings. The highest BCUT2D eigenvalue weighted by atomic mass is 35.5. The van der Waals surface area contributed by atoms with Gasteiger partial charge in [-0.1, -0.05) is 11.6 Å². The van der Waals surface area contributed by atoms with E-state index in [1.807, 2.05) is 30.5 Å². The van der Waals surface area contributed by atoms with Crippen LogP contribution < -0.4 is 5.73 Å². The minimum atomic E-state index is 0.108. The third-order valence-electron chi connectivity index (χ3n) is 3.46. The van der Waals surface area contributed by atoms with E-state index in [1.54, 1.807) is 11.8 Å². The van der Waals surface area contributed by atoms with E-state index < -0.39 is 0 Å². The van der Waals surface area contributed by atoms with E-state index in [4.69, 9.17) is 17.3 Å². The Balaban J connectivity index is 1.70. The zero-order chi connectivity index (χ0) is 13.9. The Kier molecular flexibility index (Phi) is 4.24. The van der Waals surface area contributed by atoms with Gasteiger partial charge in [-0.2, -0.15) is 0 Å². The van der Waals surface area contributed by atoms with Crippen LogP contribution in [-0.4, -0.2) is 9.97 Å². The van der Waals surface area contributed by atoms with E-state index in [9.17, 15) is 0 Å². The first-order valence-corrected chi connectivity index (χ1v) is 8.07. The number of aryl methyl sites for hydroxylation is 1. The monoisotopic (exact) mass is 305 g/mol. The van der Waals surface area contributed by atoms with Crippen molar-refractivity contribution in [1.29, 1.82) is 0 Å². The standard InChI is InChI=1S/C15H16ClN3S/c16-10-4-6-11(7-5-10)20-9-15-18-8-12-13(17)2-1-3-14(12)19-15/h4-8,13H,1-3,9,17H2. The van der Waals surface area contributed by atoms with Gasteiger partial charge in [0.1, 0.15) is 5.82 Å². The SMILES string of the molecule is NC1CCCc2nc(CSc3ccc(Cl)cc3)ncc21. The quantitative estimate of drug-likeness (QED) is 0.877. The van der Waals surface area contributed by atoms with E-state index in [0.717, 1.165) is 47.1 Å². The highest BCUT2D eigenvalue weighted by molar-refractivity contribution is 7.98. The fraction of sp³-hybridized carbons (Fsp3) is 0.333. The molecule has 1 aliphatic carbocycles. The third-order valence-corrected chi connectivity index (χ3v) is 4.72. The summed E-state index contributed by atoms with van der Waals surface area (Å²) in [5.74, 6) is 1.64. The lowest BCUT2D eigenvalue weighted by molar-refractivity contribution is 0.554. The number of hydrogen-bond donors (Lipinski definition) is 1. The average molecular weight is 306 g/mol. The molecule has 0 saturated heterocycles. The topological polar surface area (TPSA) is 51.8 Å². The van der Waals surface area contributed by atoms with Crippen LogP contribution in [0.1, 0.15) is 36.0 Å². The van der Waals surface area contributed by atoms with Crippen LogP contribution in [-0.2, 0) is 12.2 Å². The minimum absolute atomic E-state index is 0.108. The second-order valence-corrected chi connectivity index (χ2v) is 6.41. The smallest absolute Gasteiger partial charge is 0.138 e. The number of nitrogens with two attached hydrogens (primary N) is 1. The van der Waals surface area contributed by atoms with Crippen molar-refractivity contribution in [1.82, 2.24) is 9.97 Å². The number of benzene rings is 1. The largest absolute Gasteiger partial charge is 0.324 e. The van der Waals surface area contributed by atoms with Gasteiger partial charge in [-0.3, -0.25) is 0 Å². The van der Waals surface area contributed by atoms with Gasteiger partial charge in [0.2, 0.25) is 0 Å². The van der Waals surface area contributed by atoms with Gasteiger partial charge < -0.3 is 5.73 Å². The summed E-state index contributed by atoms with van der Waals surface area (Å²) in [5, 5.41) is 0.758. The predicted molar refractivity (Wildman–Crippen MR) is 82.9 cm³/mol. The molecule has 2 aromatic rings. The first-order valence-electron chi connectivity index (χ1n) is 6.71. The van der Waals surface area contributed by atoms with Crippen molar-refractivity contribution in [3.8, 4) is 0 Å². The van der Waals surface area contributed by atoms with Crippen molar-refractivity contribution in [2.45, 2.75) is 36.0 Å². The zero-order valence-electron chi connectivity index (χ0n) is 11.1. The summed E-state index contributed by atoms with van der Waals surface area (Å²) >= 11 is 7.59. The van der Waals surface area contributed by atoms with E-state index in [0.29, 0.717) is 0 Å². The number of fused-ring (bicyclic) bond motifs is 1. The number of aromatic nitrogens is 2. The summed E-state index contributed by atoms with van der Waals surface area (Å²) in [4.78, 5) is 10.3. The lowest BCUT2D eigenvalue weighted by Gasteiger charge is -2.20. The lowest BCUT2D eigenvalue weighted by Crippen LogP contribution is -2.19. The molecule has 0 aliphatic heterocycles. The molecule has 3 nitrogen and oxygen atoms in total. The number of halogens is 1. The van der Waals surface area contributed by atoms with Gasteiger partial charge in [0.05, 0.1) is 5.75 Å². The molecule has 20 heavy (non-hydrogen) atoms. The van der Waals surface area contributed by atoms with Gasteiger partial charge in [-0.05, 0) is 43.5 Å². The number of rotatable bonds is 3. The molecule has 0 saturated carbocycles. The Hall–Kier alpha value is -1.10. The molecule has 3 rings (SSSR count). The van der Waals surface area contributed by atoms with Gasteiger partial charge >= 0.3 is 0 Å². The first kappa shape index (κ1) is 13.9. The second kappa shape index (κ2) is 6.12. The second-order valence-electron chi connectivity index (χ2n) is 4.93. The maximum atomic E-state index is 6.08. The zero-order valence-corrected chi connectivity index (χ0v) is 12.6. The summed E-state index contributed by atoms with van der Waals surface area (Å²) in [6, 6.07) is 7.94. The summed E-state index contributed by atoms with van der Waals surface area (Å²) < 4.78 is 0. The normalized spacial score (nSPS) is 17.8. The molecule has 1 aromatic heterocycles. The molecule has 1 unspecified atom stereocenters. The van der Waals surface area contributed by atoms with Gasteiger partial charge in [-0.25, -0.2) is 9.97 Å². The molecule has 1 aliphatic rings. The fourth-order valence-corrected chi connectivity index (χ4v) is 3.26. The first-order chi connectivity index (χ1) is 9.72. The summed E-state index contributed by atoms with van der Waals surface area (Å²) in [5.41, 5.74) is 8.33. The van der Waals surface area contributed by atoms with Crippen molar-refractivity contribution in [2.75, 3.05) is 0 Å². The number of hydrogen-bond acceptors (Lipinski definition) is 4. The lowest BCUT2D eigenvalue weighted by atomic mass is 9.93. The molecule has 0 radical (unpaired) electrons. The van der Waals surface area contributed by atoms with Crippen molar-refractivity contribution in [3.63, 3.8) is 0 Å². The van der Waals surface area contributed by atoms with Gasteiger partial charge in [0, 0.05) is 33.4 Å². The number of thioether (sulfide) groups is 1. The predicted octanol–water partition coefficient (Wildman–Crippen LogP) is 3.76. The van der Waals surface area contributed by atoms with Crippen LogP contribution in [0.25, 0.3) is 0 Å². The van der Waals surface area contributed by atoms with Crippen LogP contribution >= 0.6 is 23.4 Å². The van der Waals surface area contributed by atoms with Crippen LogP contribution in [0.2, 0.25) is 5.02 Å². The Labute approximate surface area is 128 Å². The Morgan fingerprint density at radius 3 is 2.90 bits per heavy atom. The van der Waals surface area contributed by atoms with Crippen molar-refractivity contribution in [2.24, 2.45) is 5.73 Å². The summed E-state index contributed by atoms with van der Waals surface area (Å²) in [7, 11) is 0. The molecule has 5 heteroatoms. The maximum absolute atomic E-state index is 6.08. The summed E-state index contributed by atoms with van der Waals surface area (Å²) in [6.07, 6.45) is 5.08. The molecule has 2 N–H and O–H groups in total. The van der Waals surface area contributed by atoms with Gasteiger partial charge in [0.25, 0.3) is 0 Å². The molecule has 104 valence electrons. The fourth-order valence-electron chi connectivity index (χ4n) is 2.37. The van der Waals surface area contributed by atoms with E-state index in [-0.39, 0.29) is 6.04 Å². The molecular weight excluding hydrogens is 290 g/mol. The van der Waals surface area contributed by atoms with Crippen LogP contribution in [0.5, 0.6) is 0 Å². The van der Waals surface area contributed by atoms with E-state index >= 15 is 0 Å². The Morgan fingerprint density at radius 2 is 2.10 bits per heavy atom. The molecule has 0 bridgehead atoms. The Morgan fingerprint density at radius 1 is 1.30 bits per heavy atom. The summed E-state index contributed by atoms with van der Waals surface area (Å²) in [6.45, 7) is 0. The van der Waals surface area contributed by atoms with Crippen molar-refractivity contribution >= 4 is 23.4 Å². The molecule has 0 amide bonds. The minimum Gasteiger partial charge on any atom is -0.324 e. The maximum Gasteiger partial charge on any atom is 0.138 e. The molecule has 1 atom stereocenters. The number of nitrogens with zero attached hydrogens (tertiary/aromatic N) is 2. The van der Waals surface area contributed by atoms with Gasteiger partial charge in [0.15, 0.2) is 0 Å². The van der Waals surface area contributed by atoms with Gasteiger partial charge in [-0.15, -0.1) is 11.8 Å². The highest BCUT2D eigenvalue weighted by Crippen LogP contribution is 2.27. The molecule has 1 aromatic carbocycles.